The summed E-state index contributed by atoms with van der Waals surface area (Å²) in [5.74, 6) is 1.70. The molecule has 0 saturated heterocycles. The zero-order valence-corrected chi connectivity index (χ0v) is 13.5. The van der Waals surface area contributed by atoms with Crippen LogP contribution in [0.3, 0.4) is 0 Å². The van der Waals surface area contributed by atoms with Crippen LogP contribution in [-0.2, 0) is 11.3 Å². The van der Waals surface area contributed by atoms with Crippen LogP contribution in [-0.4, -0.2) is 45.0 Å². The van der Waals surface area contributed by atoms with Crippen molar-refractivity contribution in [3.63, 3.8) is 0 Å². The van der Waals surface area contributed by atoms with Crippen molar-refractivity contribution in [2.45, 2.75) is 32.4 Å². The van der Waals surface area contributed by atoms with E-state index in [4.69, 9.17) is 18.9 Å². The molecule has 1 amide bonds. The number of rotatable bonds is 7. The molecule has 122 valence electrons. The summed E-state index contributed by atoms with van der Waals surface area (Å²) in [6, 6.07) is 3.98. The van der Waals surface area contributed by atoms with Gasteiger partial charge in [0.05, 0.1) is 27.9 Å². The maximum absolute atomic E-state index is 12.1. The van der Waals surface area contributed by atoms with Crippen LogP contribution in [0.15, 0.2) is 12.1 Å². The van der Waals surface area contributed by atoms with Gasteiger partial charge in [0.25, 0.3) is 0 Å². The summed E-state index contributed by atoms with van der Waals surface area (Å²) in [5.41, 5.74) is 0.912. The number of nitrogens with zero attached hydrogens (tertiary/aromatic N) is 1. The molecule has 0 radical (unpaired) electrons. The smallest absolute Gasteiger partial charge is 0.410 e. The average Bonchev–Trinajstić information content (AvgIpc) is 3.36. The van der Waals surface area contributed by atoms with E-state index in [9.17, 15) is 4.79 Å². The molecule has 0 heterocycles. The average molecular weight is 309 g/mol. The van der Waals surface area contributed by atoms with E-state index in [1.807, 2.05) is 19.1 Å². The summed E-state index contributed by atoms with van der Waals surface area (Å²) >= 11 is 0. The second-order valence-electron chi connectivity index (χ2n) is 5.09. The van der Waals surface area contributed by atoms with Crippen molar-refractivity contribution >= 4 is 6.09 Å². The Balaban J connectivity index is 2.25. The van der Waals surface area contributed by atoms with E-state index in [-0.39, 0.29) is 12.1 Å². The first-order valence-electron chi connectivity index (χ1n) is 7.36. The van der Waals surface area contributed by atoms with Gasteiger partial charge in [-0.1, -0.05) is 0 Å². The number of hydrogen-bond donors (Lipinski definition) is 0. The van der Waals surface area contributed by atoms with Crippen LogP contribution >= 0.6 is 0 Å². The molecule has 0 atom stereocenters. The first-order valence-corrected chi connectivity index (χ1v) is 7.36. The van der Waals surface area contributed by atoms with Crippen molar-refractivity contribution in [2.75, 3.05) is 27.9 Å². The topological polar surface area (TPSA) is 57.2 Å². The minimum absolute atomic E-state index is 0.262. The highest BCUT2D eigenvalue weighted by molar-refractivity contribution is 5.68. The number of ether oxygens (including phenoxy) is 4. The lowest BCUT2D eigenvalue weighted by atomic mass is 10.1. The Morgan fingerprint density at radius 1 is 1.14 bits per heavy atom. The molecule has 0 aromatic heterocycles. The van der Waals surface area contributed by atoms with E-state index in [1.54, 1.807) is 26.2 Å². The van der Waals surface area contributed by atoms with Gasteiger partial charge in [0.2, 0.25) is 5.75 Å². The number of carbonyl (C=O) groups is 1. The van der Waals surface area contributed by atoms with E-state index >= 15 is 0 Å². The highest BCUT2D eigenvalue weighted by atomic mass is 16.6. The number of carbonyl (C=O) groups excluding carboxylic acids is 1. The second-order valence-corrected chi connectivity index (χ2v) is 5.09. The normalized spacial score (nSPS) is 13.5. The second kappa shape index (κ2) is 7.24. The third kappa shape index (κ3) is 3.55. The van der Waals surface area contributed by atoms with Gasteiger partial charge >= 0.3 is 6.09 Å². The molecular formula is C16H23NO5. The molecular weight excluding hydrogens is 286 g/mol. The number of benzene rings is 1. The largest absolute Gasteiger partial charge is 0.493 e. The molecule has 1 aromatic carbocycles. The molecule has 0 spiro atoms. The fraction of sp³-hybridized carbons (Fsp3) is 0.562. The predicted molar refractivity (Wildman–Crippen MR) is 81.7 cm³/mol. The van der Waals surface area contributed by atoms with Gasteiger partial charge in [-0.2, -0.15) is 0 Å². The molecule has 0 unspecified atom stereocenters. The van der Waals surface area contributed by atoms with Gasteiger partial charge in [0, 0.05) is 12.6 Å². The van der Waals surface area contributed by atoms with Crippen LogP contribution < -0.4 is 14.2 Å². The summed E-state index contributed by atoms with van der Waals surface area (Å²) in [4.78, 5) is 13.8. The Kier molecular flexibility index (Phi) is 5.35. The molecule has 1 saturated carbocycles. The van der Waals surface area contributed by atoms with Crippen molar-refractivity contribution in [3.05, 3.63) is 17.7 Å². The Morgan fingerprint density at radius 2 is 1.73 bits per heavy atom. The lowest BCUT2D eigenvalue weighted by molar-refractivity contribution is 0.101. The van der Waals surface area contributed by atoms with Crippen molar-refractivity contribution in [2.24, 2.45) is 0 Å². The van der Waals surface area contributed by atoms with Gasteiger partial charge in [0.1, 0.15) is 0 Å². The third-order valence-electron chi connectivity index (χ3n) is 3.57. The van der Waals surface area contributed by atoms with Crippen molar-refractivity contribution in [3.8, 4) is 17.2 Å². The molecule has 6 heteroatoms. The van der Waals surface area contributed by atoms with Crippen molar-refractivity contribution < 1.29 is 23.7 Å². The highest BCUT2D eigenvalue weighted by Gasteiger charge is 2.33. The molecule has 22 heavy (non-hydrogen) atoms. The van der Waals surface area contributed by atoms with Crippen LogP contribution in [0.25, 0.3) is 0 Å². The summed E-state index contributed by atoms with van der Waals surface area (Å²) in [5, 5.41) is 0. The van der Waals surface area contributed by atoms with Gasteiger partial charge < -0.3 is 23.8 Å². The van der Waals surface area contributed by atoms with Gasteiger partial charge in [0.15, 0.2) is 11.5 Å². The third-order valence-corrected chi connectivity index (χ3v) is 3.57. The number of methoxy groups -OCH3 is 3. The van der Waals surface area contributed by atoms with Crippen LogP contribution in [0, 0.1) is 0 Å². The van der Waals surface area contributed by atoms with Crippen LogP contribution in [0.5, 0.6) is 17.2 Å². The van der Waals surface area contributed by atoms with Gasteiger partial charge in [-0.05, 0) is 37.5 Å². The van der Waals surface area contributed by atoms with E-state index in [0.717, 1.165) is 18.4 Å². The first-order chi connectivity index (χ1) is 10.6. The first kappa shape index (κ1) is 16.3. The molecule has 0 aliphatic heterocycles. The fourth-order valence-electron chi connectivity index (χ4n) is 2.36. The Morgan fingerprint density at radius 3 is 2.14 bits per heavy atom. The quantitative estimate of drug-likeness (QED) is 0.775. The van der Waals surface area contributed by atoms with Crippen LogP contribution in [0.1, 0.15) is 25.3 Å². The Labute approximate surface area is 130 Å². The van der Waals surface area contributed by atoms with Crippen LogP contribution in [0.2, 0.25) is 0 Å². The monoisotopic (exact) mass is 309 g/mol. The zero-order chi connectivity index (χ0) is 16.1. The van der Waals surface area contributed by atoms with E-state index in [0.29, 0.717) is 30.4 Å². The van der Waals surface area contributed by atoms with Crippen molar-refractivity contribution in [1.82, 2.24) is 4.90 Å². The summed E-state index contributed by atoms with van der Waals surface area (Å²) < 4.78 is 21.1. The summed E-state index contributed by atoms with van der Waals surface area (Å²) in [6.07, 6.45) is 1.76. The zero-order valence-electron chi connectivity index (χ0n) is 13.5. The number of amides is 1. The van der Waals surface area contributed by atoms with E-state index in [1.165, 1.54) is 0 Å². The molecule has 0 N–H and O–H groups in total. The minimum Gasteiger partial charge on any atom is -0.493 e. The molecule has 1 fully saturated rings. The minimum atomic E-state index is -0.279. The summed E-state index contributed by atoms with van der Waals surface area (Å²) in [7, 11) is 4.71. The standard InChI is InChI=1S/C16H23NO5/c1-5-22-16(18)17(12-6-7-12)10-11-8-13(19-2)15(21-4)14(9-11)20-3/h8-9,12H,5-7,10H2,1-4H3. The SMILES string of the molecule is CCOC(=O)N(Cc1cc(OC)c(OC)c(OC)c1)C1CC1. The van der Waals surface area contributed by atoms with Gasteiger partial charge in [-0.15, -0.1) is 0 Å². The lowest BCUT2D eigenvalue weighted by Crippen LogP contribution is -2.33. The Bertz CT molecular complexity index is 502. The van der Waals surface area contributed by atoms with E-state index in [2.05, 4.69) is 0 Å². The predicted octanol–water partition coefficient (Wildman–Crippen LogP) is 2.83. The van der Waals surface area contributed by atoms with Gasteiger partial charge in [-0.25, -0.2) is 4.79 Å². The lowest BCUT2D eigenvalue weighted by Gasteiger charge is -2.22. The van der Waals surface area contributed by atoms with Crippen LogP contribution in [0.4, 0.5) is 4.79 Å². The van der Waals surface area contributed by atoms with E-state index < -0.39 is 0 Å². The highest BCUT2D eigenvalue weighted by Crippen LogP contribution is 2.39. The maximum Gasteiger partial charge on any atom is 0.410 e. The summed E-state index contributed by atoms with van der Waals surface area (Å²) in [6.45, 7) is 2.64. The molecule has 1 aliphatic carbocycles. The maximum atomic E-state index is 12.1. The number of hydrogen-bond acceptors (Lipinski definition) is 5. The Hall–Kier alpha value is -2.11. The molecule has 1 aromatic rings. The van der Waals surface area contributed by atoms with Gasteiger partial charge in [-0.3, -0.25) is 0 Å². The molecule has 2 rings (SSSR count). The molecule has 0 bridgehead atoms. The fourth-order valence-corrected chi connectivity index (χ4v) is 2.36. The molecule has 1 aliphatic rings. The van der Waals surface area contributed by atoms with Crippen molar-refractivity contribution in [1.29, 1.82) is 0 Å². The molecule has 6 nitrogen and oxygen atoms in total.